The lowest BCUT2D eigenvalue weighted by atomic mass is 10.1. The van der Waals surface area contributed by atoms with Crippen molar-refractivity contribution in [3.05, 3.63) is 283 Å². The van der Waals surface area contributed by atoms with E-state index in [1.54, 1.807) is 155 Å². The van der Waals surface area contributed by atoms with Crippen molar-refractivity contribution in [1.29, 1.82) is 0 Å². The van der Waals surface area contributed by atoms with E-state index in [4.69, 9.17) is 22.9 Å². The lowest BCUT2D eigenvalue weighted by Crippen LogP contribution is -2.13. The van der Waals surface area contributed by atoms with Crippen molar-refractivity contribution in [2.75, 3.05) is 35.4 Å². The number of benzene rings is 8. The second-order valence-corrected chi connectivity index (χ2v) is 35.5. The molecule has 544 valence electrons. The number of aromatic nitrogens is 8. The molecule has 12 aromatic rings. The molecule has 0 spiro atoms. The molecule has 0 saturated carbocycles. The smallest absolute Gasteiger partial charge is 0.215 e. The number of nitrogens with two attached hydrogens (primary N) is 4. The summed E-state index contributed by atoms with van der Waals surface area (Å²) in [5.41, 5.74) is 32.8. The van der Waals surface area contributed by atoms with Gasteiger partial charge in [-0.15, -0.1) is 0 Å². The zero-order valence-corrected chi connectivity index (χ0v) is 62.5. The summed E-state index contributed by atoms with van der Waals surface area (Å²) in [6.07, 6.45) is 13.6. The van der Waals surface area contributed by atoms with Crippen LogP contribution in [0.1, 0.15) is 72.0 Å². The van der Waals surface area contributed by atoms with Gasteiger partial charge in [0.25, 0.3) is 0 Å². The first-order valence-corrected chi connectivity index (χ1v) is 41.2. The molecule has 106 heavy (non-hydrogen) atoms. The molecule has 4 aromatic heterocycles. The summed E-state index contributed by atoms with van der Waals surface area (Å²) < 4.78 is 120. The van der Waals surface area contributed by atoms with Crippen LogP contribution in [0, 0.1) is 0 Å². The molecule has 0 atom stereocenters. The van der Waals surface area contributed by atoms with Crippen LogP contribution in [0.5, 0.6) is 0 Å². The van der Waals surface area contributed by atoms with Crippen molar-refractivity contribution in [3.63, 3.8) is 0 Å². The van der Waals surface area contributed by atoms with Gasteiger partial charge in [0.05, 0.1) is 93.9 Å². The molecule has 8 aromatic carbocycles. The Morgan fingerprint density at radius 2 is 0.726 bits per heavy atom. The highest BCUT2D eigenvalue weighted by molar-refractivity contribution is 7.92. The predicted molar refractivity (Wildman–Crippen MR) is 415 cm³/mol. The number of nitrogens with zero attached hydrogens (tertiary/aromatic N) is 8. The molecule has 23 nitrogen and oxygen atoms in total. The van der Waals surface area contributed by atoms with Crippen LogP contribution < -0.4 is 22.9 Å². The van der Waals surface area contributed by atoms with Crippen molar-refractivity contribution in [2.24, 2.45) is 0 Å². The monoisotopic (exact) mass is 1520 g/mol. The summed E-state index contributed by atoms with van der Waals surface area (Å²) in [5.74, 6) is 0.141. The van der Waals surface area contributed by atoms with Gasteiger partial charge in [-0.3, -0.25) is 4.79 Å². The summed E-state index contributed by atoms with van der Waals surface area (Å²) in [5, 5.41) is -0.959. The Kier molecular flexibility index (Phi) is 25.5. The molecule has 12 rings (SSSR count). The quantitative estimate of drug-likeness (QED) is 0.0515. The minimum Gasteiger partial charge on any atom is -0.382 e. The number of ketones is 1. The molecule has 4 heterocycles. The number of sulfone groups is 5. The van der Waals surface area contributed by atoms with Gasteiger partial charge in [-0.2, -0.15) is 0 Å². The molecule has 0 bridgehead atoms. The molecule has 0 radical (unpaired) electrons. The molecule has 0 amide bonds. The van der Waals surface area contributed by atoms with E-state index in [0.717, 1.165) is 35.1 Å². The van der Waals surface area contributed by atoms with Gasteiger partial charge in [-0.1, -0.05) is 164 Å². The Morgan fingerprint density at radius 1 is 0.368 bits per heavy atom. The fraction of sp³-hybridized carbons (Fsp3) is 0.141. The normalized spacial score (nSPS) is 11.7. The predicted octanol–water partition coefficient (Wildman–Crippen LogP) is 12.2. The molecule has 0 saturated heterocycles. The Bertz CT molecular complexity index is 5700. The van der Waals surface area contributed by atoms with Gasteiger partial charge in [-0.05, 0) is 118 Å². The number of nitrogen functional groups attached to an aromatic ring is 4. The zero-order chi connectivity index (χ0) is 76.6. The standard InChI is InChI=1S/C21H23N3O2S.C20H19N3O3S.C19H17N3O2S.C18H17N3O4S2/c1-15(2)27(25,26)18-11-9-17(10-12-18)20-14-23-21(22)19(24-20)13-8-16-6-4-3-5-7-16;1-13(2)27(25,26)16-10-8-14(9-11-16)17-12-22-20(21)18(23-17)19(24)15-6-4-3-5-7-15;1-25(23,24)16-10-8-15(9-11-16)18-13-21-19(20)17(22-18)12-7-14-5-3-2-4-6-14;1-26(22,23)14-9-7-13(8-10-14)16-11-20-18(19)17(21-16)12-27(24,25)15-5-3-2-4-6-15/h3-7,9-12,14-15H,8,13H2,1-2H3,(H2,22,23);3-13H,1-2H3,(H2,21,22);2-13H,1H3,(H2,20,21);2-11H,12H2,1H3,(H2,19,20)/b;;12-7+;. The number of anilines is 4. The van der Waals surface area contributed by atoms with Crippen molar-refractivity contribution in [2.45, 2.75) is 81.3 Å². The van der Waals surface area contributed by atoms with Gasteiger partial charge in [-0.25, -0.2) is 82.0 Å². The number of rotatable bonds is 20. The van der Waals surface area contributed by atoms with E-state index >= 15 is 0 Å². The topological polar surface area (TPSA) is 395 Å². The highest BCUT2D eigenvalue weighted by atomic mass is 32.2. The van der Waals surface area contributed by atoms with Crippen molar-refractivity contribution < 1.29 is 46.9 Å². The minimum absolute atomic E-state index is 0.0333. The van der Waals surface area contributed by atoms with Crippen LogP contribution in [0.15, 0.2) is 268 Å². The first-order valence-electron chi connectivity index (χ1n) is 32.7. The molecule has 8 N–H and O–H groups in total. The van der Waals surface area contributed by atoms with Gasteiger partial charge >= 0.3 is 0 Å². The average Bonchev–Trinajstić information content (AvgIpc) is 0.813. The third-order valence-electron chi connectivity index (χ3n) is 16.1. The first kappa shape index (κ1) is 78.6. The Hall–Kier alpha value is -11.6. The average molecular weight is 1520 g/mol. The number of carbonyl (C=O) groups is 1. The van der Waals surface area contributed by atoms with Gasteiger partial charge in [0.1, 0.15) is 28.9 Å². The lowest BCUT2D eigenvalue weighted by molar-refractivity contribution is 0.103. The van der Waals surface area contributed by atoms with E-state index in [1.807, 2.05) is 66.7 Å². The van der Waals surface area contributed by atoms with Crippen LogP contribution in [0.2, 0.25) is 0 Å². The highest BCUT2D eigenvalue weighted by Gasteiger charge is 2.24. The minimum atomic E-state index is -3.62. The van der Waals surface area contributed by atoms with Crippen molar-refractivity contribution >= 4 is 90.4 Å². The van der Waals surface area contributed by atoms with Crippen LogP contribution in [-0.2, 0) is 67.8 Å². The van der Waals surface area contributed by atoms with Gasteiger partial charge in [0, 0.05) is 40.3 Å². The van der Waals surface area contributed by atoms with E-state index in [1.165, 1.54) is 60.6 Å². The number of hydrogen-bond donors (Lipinski definition) is 4. The lowest BCUT2D eigenvalue weighted by Gasteiger charge is -2.10. The maximum atomic E-state index is 12.6. The fourth-order valence-electron chi connectivity index (χ4n) is 10.0. The fourth-order valence-corrected chi connectivity index (χ4v) is 14.7. The summed E-state index contributed by atoms with van der Waals surface area (Å²) in [6, 6.07) is 62.4. The number of aryl methyl sites for hydroxylation is 2. The summed E-state index contributed by atoms with van der Waals surface area (Å²) in [4.78, 5) is 48.3. The van der Waals surface area contributed by atoms with E-state index in [0.29, 0.717) is 68.1 Å². The summed E-state index contributed by atoms with van der Waals surface area (Å²) >= 11 is 0. The molecule has 0 aliphatic carbocycles. The molecule has 0 aliphatic rings. The molecule has 0 aliphatic heterocycles. The summed E-state index contributed by atoms with van der Waals surface area (Å²) in [7, 11) is -16.8. The van der Waals surface area contributed by atoms with Crippen molar-refractivity contribution in [3.8, 4) is 45.0 Å². The highest BCUT2D eigenvalue weighted by Crippen LogP contribution is 2.29. The molecular formula is C78H76N12O11S5. The van der Waals surface area contributed by atoms with Crippen LogP contribution >= 0.6 is 0 Å². The van der Waals surface area contributed by atoms with E-state index in [9.17, 15) is 46.9 Å². The van der Waals surface area contributed by atoms with Crippen molar-refractivity contribution in [1.82, 2.24) is 39.9 Å². The van der Waals surface area contributed by atoms with Crippen LogP contribution in [0.3, 0.4) is 0 Å². The third kappa shape index (κ3) is 20.7. The summed E-state index contributed by atoms with van der Waals surface area (Å²) in [6.45, 7) is 6.62. The molecule has 0 fully saturated rings. The van der Waals surface area contributed by atoms with Gasteiger partial charge in [0.2, 0.25) is 5.78 Å². The maximum absolute atomic E-state index is 12.6. The van der Waals surface area contributed by atoms with Crippen LogP contribution in [0.25, 0.3) is 57.2 Å². The second kappa shape index (κ2) is 34.4. The zero-order valence-electron chi connectivity index (χ0n) is 58.4. The maximum Gasteiger partial charge on any atom is 0.215 e. The Labute approximate surface area is 617 Å². The van der Waals surface area contributed by atoms with E-state index < -0.39 is 59.7 Å². The van der Waals surface area contributed by atoms with Gasteiger partial charge in [0.15, 0.2) is 60.7 Å². The molecular weight excluding hydrogens is 1440 g/mol. The molecule has 28 heteroatoms. The second-order valence-electron chi connectivity index (χ2n) is 24.5. The third-order valence-corrected chi connectivity index (χ3v) is 24.4. The van der Waals surface area contributed by atoms with Crippen LogP contribution in [-0.4, -0.2) is 111 Å². The Morgan fingerprint density at radius 3 is 1.16 bits per heavy atom. The number of hydrogen-bond acceptors (Lipinski definition) is 23. The largest absolute Gasteiger partial charge is 0.382 e. The van der Waals surface area contributed by atoms with E-state index in [2.05, 4.69) is 52.0 Å². The first-order chi connectivity index (χ1) is 50.3. The molecule has 0 unspecified atom stereocenters. The van der Waals surface area contributed by atoms with Gasteiger partial charge < -0.3 is 22.9 Å². The number of carbonyl (C=O) groups excluding carboxylic acids is 1. The van der Waals surface area contributed by atoms with E-state index in [-0.39, 0.29) is 54.1 Å². The Balaban J connectivity index is 0.000000164. The SMILES string of the molecule is CC(C)S(=O)(=O)c1ccc(-c2cnc(N)c(C(=O)c3ccccc3)n2)cc1.CC(C)S(=O)(=O)c1ccc(-c2cnc(N)c(CCc3ccccc3)n2)cc1.CS(=O)(=O)c1ccc(-c2cnc(N)c(/C=C/c3ccccc3)n2)cc1.CS(=O)(=O)c1ccc(-c2cnc(N)c(CS(=O)(=O)c3ccccc3)n2)cc1. The van der Waals surface area contributed by atoms with Crippen LogP contribution in [0.4, 0.5) is 23.3 Å².